The number of carbonyl (C=O) groups excluding carboxylic acids is 2. The van der Waals surface area contributed by atoms with Crippen LogP contribution in [0.5, 0.6) is 0 Å². The first-order valence-corrected chi connectivity index (χ1v) is 8.96. The summed E-state index contributed by atoms with van der Waals surface area (Å²) in [6.07, 6.45) is 4.11. The van der Waals surface area contributed by atoms with Crippen molar-refractivity contribution >= 4 is 41.2 Å². The molecule has 1 saturated carbocycles. The number of rotatable bonds is 2. The predicted molar refractivity (Wildman–Crippen MR) is 95.5 cm³/mol. The molecule has 5 nitrogen and oxygen atoms in total. The number of carbonyl (C=O) groups is 2. The smallest absolute Gasteiger partial charge is 0.349 e. The molecule has 0 amide bonds. The van der Waals surface area contributed by atoms with Crippen LogP contribution in [0.4, 0.5) is 0 Å². The summed E-state index contributed by atoms with van der Waals surface area (Å²) in [5, 5.41) is 0.768. The fraction of sp³-hybridized carbons (Fsp3) is 0.263. The molecule has 1 saturated heterocycles. The van der Waals surface area contributed by atoms with Crippen molar-refractivity contribution in [3.8, 4) is 11.3 Å². The van der Waals surface area contributed by atoms with E-state index in [4.69, 9.17) is 37.1 Å². The van der Waals surface area contributed by atoms with E-state index in [2.05, 4.69) is 0 Å². The van der Waals surface area contributed by atoms with Crippen LogP contribution in [0.1, 0.15) is 31.4 Å². The zero-order valence-corrected chi connectivity index (χ0v) is 15.1. The second-order valence-electron chi connectivity index (χ2n) is 6.26. The van der Waals surface area contributed by atoms with Crippen molar-refractivity contribution in [1.29, 1.82) is 0 Å². The Balaban J connectivity index is 1.61. The van der Waals surface area contributed by atoms with Crippen molar-refractivity contribution in [3.63, 3.8) is 0 Å². The standard InChI is InChI=1S/C19H14Cl2O5/c20-14-5-3-4-12(16(14)21)15-7-6-11(24-15)10-13-17(22)25-19(26-18(13)23)8-1-2-9-19/h3-7,10H,1-2,8-9H2. The van der Waals surface area contributed by atoms with E-state index in [1.54, 1.807) is 30.3 Å². The Kier molecular flexibility index (Phi) is 4.29. The average molecular weight is 393 g/mol. The highest BCUT2D eigenvalue weighted by Crippen LogP contribution is 2.39. The van der Waals surface area contributed by atoms with Crippen LogP contribution < -0.4 is 0 Å². The molecule has 0 radical (unpaired) electrons. The largest absolute Gasteiger partial charge is 0.457 e. The van der Waals surface area contributed by atoms with Gasteiger partial charge in [-0.15, -0.1) is 0 Å². The molecule has 2 aromatic rings. The maximum Gasteiger partial charge on any atom is 0.349 e. The lowest BCUT2D eigenvalue weighted by Gasteiger charge is -2.32. The normalized spacial score (nSPS) is 18.8. The Morgan fingerprint density at radius 2 is 1.65 bits per heavy atom. The molecule has 1 aromatic heterocycles. The molecule has 0 bridgehead atoms. The number of hydrogen-bond acceptors (Lipinski definition) is 5. The Morgan fingerprint density at radius 3 is 2.35 bits per heavy atom. The van der Waals surface area contributed by atoms with Gasteiger partial charge in [0.25, 0.3) is 5.79 Å². The average Bonchev–Trinajstić information content (AvgIpc) is 3.23. The van der Waals surface area contributed by atoms with Gasteiger partial charge >= 0.3 is 11.9 Å². The molecule has 1 spiro atoms. The molecule has 1 aliphatic heterocycles. The van der Waals surface area contributed by atoms with Crippen LogP contribution in [0.25, 0.3) is 17.4 Å². The second kappa shape index (κ2) is 6.49. The summed E-state index contributed by atoms with van der Waals surface area (Å²) in [6, 6.07) is 8.49. The van der Waals surface area contributed by atoms with Gasteiger partial charge in [-0.1, -0.05) is 29.3 Å². The van der Waals surface area contributed by atoms with Crippen molar-refractivity contribution in [2.75, 3.05) is 0 Å². The minimum absolute atomic E-state index is 0.194. The molecule has 134 valence electrons. The fourth-order valence-corrected chi connectivity index (χ4v) is 3.59. The molecule has 1 aliphatic carbocycles. The van der Waals surface area contributed by atoms with Crippen LogP contribution in [0.15, 0.2) is 40.3 Å². The van der Waals surface area contributed by atoms with Crippen LogP contribution in [-0.4, -0.2) is 17.7 Å². The third kappa shape index (κ3) is 3.02. The van der Waals surface area contributed by atoms with Crippen molar-refractivity contribution in [2.45, 2.75) is 31.5 Å². The number of esters is 2. The van der Waals surface area contributed by atoms with E-state index in [-0.39, 0.29) is 5.57 Å². The summed E-state index contributed by atoms with van der Waals surface area (Å²) in [5.41, 5.74) is 0.420. The van der Waals surface area contributed by atoms with E-state index < -0.39 is 17.7 Å². The van der Waals surface area contributed by atoms with E-state index in [1.165, 1.54) is 6.08 Å². The maximum absolute atomic E-state index is 12.3. The van der Waals surface area contributed by atoms with Gasteiger partial charge in [0.15, 0.2) is 0 Å². The van der Waals surface area contributed by atoms with Crippen molar-refractivity contribution < 1.29 is 23.5 Å². The second-order valence-corrected chi connectivity index (χ2v) is 7.04. The molecule has 7 heteroatoms. The van der Waals surface area contributed by atoms with Crippen LogP contribution in [0, 0.1) is 0 Å². The summed E-state index contributed by atoms with van der Waals surface area (Å²) < 4.78 is 16.5. The van der Waals surface area contributed by atoms with Gasteiger partial charge in [-0.05, 0) is 37.1 Å². The molecule has 2 heterocycles. The van der Waals surface area contributed by atoms with E-state index in [9.17, 15) is 9.59 Å². The lowest BCUT2D eigenvalue weighted by molar-refractivity contribution is -0.232. The number of benzene rings is 1. The molecule has 0 unspecified atom stereocenters. The van der Waals surface area contributed by atoms with Gasteiger partial charge in [-0.2, -0.15) is 0 Å². The molecule has 4 rings (SSSR count). The van der Waals surface area contributed by atoms with Gasteiger partial charge in [-0.25, -0.2) is 9.59 Å². The number of furan rings is 1. The molecule has 2 fully saturated rings. The van der Waals surface area contributed by atoms with Crippen LogP contribution in [0.2, 0.25) is 10.0 Å². The van der Waals surface area contributed by atoms with Gasteiger partial charge in [0, 0.05) is 24.5 Å². The van der Waals surface area contributed by atoms with Crippen molar-refractivity contribution in [1.82, 2.24) is 0 Å². The third-order valence-corrected chi connectivity index (χ3v) is 5.31. The minimum Gasteiger partial charge on any atom is -0.457 e. The highest BCUT2D eigenvalue weighted by atomic mass is 35.5. The van der Waals surface area contributed by atoms with Crippen LogP contribution in [0.3, 0.4) is 0 Å². The summed E-state index contributed by atoms with van der Waals surface area (Å²) in [4.78, 5) is 24.5. The molecule has 0 atom stereocenters. The lowest BCUT2D eigenvalue weighted by atomic mass is 10.1. The number of halogens is 2. The van der Waals surface area contributed by atoms with Gasteiger partial charge in [0.1, 0.15) is 17.1 Å². The summed E-state index contributed by atoms with van der Waals surface area (Å²) >= 11 is 12.2. The molecular weight excluding hydrogens is 379 g/mol. The summed E-state index contributed by atoms with van der Waals surface area (Å²) in [5.74, 6) is -1.70. The fourth-order valence-electron chi connectivity index (χ4n) is 3.20. The lowest BCUT2D eigenvalue weighted by Crippen LogP contribution is -2.44. The zero-order chi connectivity index (χ0) is 18.3. The number of ether oxygens (including phenoxy) is 2. The highest BCUT2D eigenvalue weighted by Gasteiger charge is 2.48. The Bertz CT molecular complexity index is 900. The Morgan fingerprint density at radius 1 is 0.962 bits per heavy atom. The molecular formula is C19H14Cl2O5. The summed E-state index contributed by atoms with van der Waals surface area (Å²) in [6.45, 7) is 0. The molecule has 2 aliphatic rings. The van der Waals surface area contributed by atoms with Gasteiger partial charge < -0.3 is 13.9 Å². The van der Waals surface area contributed by atoms with E-state index >= 15 is 0 Å². The van der Waals surface area contributed by atoms with Crippen molar-refractivity contribution in [2.24, 2.45) is 0 Å². The first-order chi connectivity index (χ1) is 12.5. The summed E-state index contributed by atoms with van der Waals surface area (Å²) in [7, 11) is 0. The van der Waals surface area contributed by atoms with Gasteiger partial charge in [-0.3, -0.25) is 0 Å². The SMILES string of the molecule is O=C1OC2(CCCC2)OC(=O)C1=Cc1ccc(-c2cccc(Cl)c2Cl)o1. The first kappa shape index (κ1) is 17.2. The zero-order valence-electron chi connectivity index (χ0n) is 13.6. The maximum atomic E-state index is 12.3. The Labute approximate surface area is 159 Å². The van der Waals surface area contributed by atoms with Crippen LogP contribution in [-0.2, 0) is 19.1 Å². The van der Waals surface area contributed by atoms with Gasteiger partial charge in [0.2, 0.25) is 0 Å². The molecule has 0 N–H and O–H groups in total. The topological polar surface area (TPSA) is 65.7 Å². The third-order valence-electron chi connectivity index (χ3n) is 4.49. The van der Waals surface area contributed by atoms with E-state index in [0.29, 0.717) is 40.0 Å². The van der Waals surface area contributed by atoms with Crippen molar-refractivity contribution in [3.05, 3.63) is 51.7 Å². The monoisotopic (exact) mass is 392 g/mol. The van der Waals surface area contributed by atoms with E-state index in [0.717, 1.165) is 12.8 Å². The van der Waals surface area contributed by atoms with Crippen LogP contribution >= 0.6 is 23.2 Å². The highest BCUT2D eigenvalue weighted by molar-refractivity contribution is 6.43. The van der Waals surface area contributed by atoms with E-state index in [1.807, 2.05) is 0 Å². The van der Waals surface area contributed by atoms with Gasteiger partial charge in [0.05, 0.1) is 10.0 Å². The molecule has 26 heavy (non-hydrogen) atoms. The quantitative estimate of drug-likeness (QED) is 0.408. The first-order valence-electron chi connectivity index (χ1n) is 8.20. The Hall–Kier alpha value is -2.24. The number of hydrogen-bond donors (Lipinski definition) is 0. The predicted octanol–water partition coefficient (Wildman–Crippen LogP) is 5.01. The minimum atomic E-state index is -1.09. The molecule has 1 aromatic carbocycles.